The molecule has 5 rings (SSSR count). The Kier molecular flexibility index (Phi) is 6.23. The minimum atomic E-state index is -4.39. The second kappa shape index (κ2) is 8.91. The van der Waals surface area contributed by atoms with Crippen molar-refractivity contribution < 1.29 is 18.0 Å². The highest BCUT2D eigenvalue weighted by Gasteiger charge is 2.40. The van der Waals surface area contributed by atoms with Gasteiger partial charge in [0.2, 0.25) is 0 Å². The van der Waals surface area contributed by atoms with Crippen LogP contribution in [-0.2, 0) is 6.18 Å². The van der Waals surface area contributed by atoms with Gasteiger partial charge in [-0.15, -0.1) is 0 Å². The summed E-state index contributed by atoms with van der Waals surface area (Å²) in [5.41, 5.74) is 0.733. The van der Waals surface area contributed by atoms with Crippen molar-refractivity contribution in [2.75, 3.05) is 38.1 Å². The van der Waals surface area contributed by atoms with Crippen LogP contribution in [-0.4, -0.2) is 50.1 Å². The topological polar surface area (TPSA) is 35.6 Å². The molecular formula is C24H28F3N3O. The van der Waals surface area contributed by atoms with Crippen molar-refractivity contribution in [2.24, 2.45) is 11.8 Å². The molecule has 0 spiro atoms. The number of hydrogen-bond acceptors (Lipinski definition) is 3. The summed E-state index contributed by atoms with van der Waals surface area (Å²) in [5.74, 6) is 0.904. The standard InChI is InChI=1S/C24H28F3N3O/c1-29(21-5-3-2-4-6-21)15-19-16-30-12-11-18(19)13-22(30)14-28-23(31)17-7-9-20(10-8-17)24(25,26)27/h2-10,18-19,22H,11-16H2,1H3,(H,28,31)/t18-,19-,22+/m0/s1. The van der Waals surface area contributed by atoms with Crippen LogP contribution in [0.4, 0.5) is 18.9 Å². The minimum absolute atomic E-state index is 0.256. The van der Waals surface area contributed by atoms with Gasteiger partial charge in [-0.2, -0.15) is 13.2 Å². The van der Waals surface area contributed by atoms with E-state index in [9.17, 15) is 18.0 Å². The molecule has 0 aromatic heterocycles. The fourth-order valence-corrected chi connectivity index (χ4v) is 4.93. The number of rotatable bonds is 6. The predicted octanol–water partition coefficient (Wildman–Crippen LogP) is 4.28. The number of hydrogen-bond donors (Lipinski definition) is 1. The number of halogens is 3. The number of benzene rings is 2. The van der Waals surface area contributed by atoms with Gasteiger partial charge < -0.3 is 10.2 Å². The molecule has 3 fully saturated rings. The Morgan fingerprint density at radius 1 is 1.13 bits per heavy atom. The van der Waals surface area contributed by atoms with Crippen LogP contribution in [0.25, 0.3) is 0 Å². The Bertz CT molecular complexity index is 885. The summed E-state index contributed by atoms with van der Waals surface area (Å²) >= 11 is 0. The zero-order chi connectivity index (χ0) is 22.0. The van der Waals surface area contributed by atoms with Crippen molar-refractivity contribution in [3.8, 4) is 0 Å². The van der Waals surface area contributed by atoms with Crippen molar-refractivity contribution in [3.63, 3.8) is 0 Å². The summed E-state index contributed by atoms with van der Waals surface area (Å²) in [6.07, 6.45) is -2.17. The maximum atomic E-state index is 12.7. The first kappa shape index (κ1) is 21.7. The van der Waals surface area contributed by atoms with Gasteiger partial charge in [-0.05, 0) is 67.6 Å². The maximum absolute atomic E-state index is 12.7. The molecule has 1 N–H and O–H groups in total. The Morgan fingerprint density at radius 3 is 2.45 bits per heavy atom. The van der Waals surface area contributed by atoms with Crippen LogP contribution >= 0.6 is 0 Å². The molecule has 3 aliphatic heterocycles. The maximum Gasteiger partial charge on any atom is 0.416 e. The van der Waals surface area contributed by atoms with Gasteiger partial charge in [0.05, 0.1) is 5.56 Å². The van der Waals surface area contributed by atoms with Crippen molar-refractivity contribution in [1.82, 2.24) is 10.2 Å². The molecule has 1 unspecified atom stereocenters. The van der Waals surface area contributed by atoms with Crippen LogP contribution in [0.1, 0.15) is 28.8 Å². The molecular weight excluding hydrogens is 403 g/mol. The summed E-state index contributed by atoms with van der Waals surface area (Å²) in [6.45, 7) is 3.59. The van der Waals surface area contributed by atoms with Crippen LogP contribution in [0.2, 0.25) is 0 Å². The SMILES string of the molecule is CN(C[C@H]1CN2CC[C@H]1C[C@@H]2CNC(=O)c1ccc(C(F)(F)F)cc1)c1ccccc1. The average molecular weight is 432 g/mol. The molecule has 4 atom stereocenters. The number of amides is 1. The largest absolute Gasteiger partial charge is 0.416 e. The van der Waals surface area contributed by atoms with Gasteiger partial charge in [0, 0.05) is 44.0 Å². The summed E-state index contributed by atoms with van der Waals surface area (Å²) in [6, 6.07) is 15.0. The summed E-state index contributed by atoms with van der Waals surface area (Å²) in [7, 11) is 2.13. The summed E-state index contributed by atoms with van der Waals surface area (Å²) in [5, 5.41) is 2.92. The molecule has 3 heterocycles. The highest BCUT2D eigenvalue weighted by atomic mass is 19.4. The van der Waals surface area contributed by atoms with Gasteiger partial charge in [-0.3, -0.25) is 9.69 Å². The van der Waals surface area contributed by atoms with Crippen LogP contribution in [0.3, 0.4) is 0 Å². The molecule has 0 saturated carbocycles. The second-order valence-electron chi connectivity index (χ2n) is 8.69. The lowest BCUT2D eigenvalue weighted by molar-refractivity contribution is -0.137. The molecule has 31 heavy (non-hydrogen) atoms. The third-order valence-electron chi connectivity index (χ3n) is 6.69. The van der Waals surface area contributed by atoms with Crippen LogP contribution in [0, 0.1) is 11.8 Å². The molecule has 0 radical (unpaired) electrons. The predicted molar refractivity (Wildman–Crippen MR) is 115 cm³/mol. The highest BCUT2D eigenvalue weighted by Crippen LogP contribution is 2.37. The van der Waals surface area contributed by atoms with Gasteiger partial charge in [0.1, 0.15) is 0 Å². The Morgan fingerprint density at radius 2 is 1.84 bits per heavy atom. The normalized spacial score (nSPS) is 25.3. The Labute approximate surface area is 181 Å². The van der Waals surface area contributed by atoms with E-state index in [0.29, 0.717) is 18.4 Å². The molecule has 0 aliphatic carbocycles. The van der Waals surface area contributed by atoms with Gasteiger partial charge >= 0.3 is 6.18 Å². The zero-order valence-electron chi connectivity index (χ0n) is 17.6. The number of carbonyl (C=O) groups excluding carboxylic acids is 1. The smallest absolute Gasteiger partial charge is 0.374 e. The quantitative estimate of drug-likeness (QED) is 0.742. The van der Waals surface area contributed by atoms with Gasteiger partial charge in [0.25, 0.3) is 5.91 Å². The lowest BCUT2D eigenvalue weighted by Crippen LogP contribution is -2.58. The lowest BCUT2D eigenvalue weighted by atomic mass is 9.75. The number of nitrogens with one attached hydrogen (secondary N) is 1. The lowest BCUT2D eigenvalue weighted by Gasteiger charge is -2.50. The van der Waals surface area contributed by atoms with E-state index in [-0.39, 0.29) is 17.5 Å². The number of fused-ring (bicyclic) bond motifs is 3. The minimum Gasteiger partial charge on any atom is -0.374 e. The molecule has 3 saturated heterocycles. The van der Waals surface area contributed by atoms with Gasteiger partial charge in [0.15, 0.2) is 0 Å². The fraction of sp³-hybridized carbons (Fsp3) is 0.458. The third kappa shape index (κ3) is 5.03. The van der Waals surface area contributed by atoms with E-state index in [1.54, 1.807) is 0 Å². The molecule has 1 amide bonds. The number of alkyl halides is 3. The monoisotopic (exact) mass is 431 g/mol. The van der Waals surface area contributed by atoms with Crippen molar-refractivity contribution in [1.29, 1.82) is 0 Å². The van der Waals surface area contributed by atoms with Crippen molar-refractivity contribution in [2.45, 2.75) is 25.1 Å². The summed E-state index contributed by atoms with van der Waals surface area (Å²) in [4.78, 5) is 17.2. The number of nitrogens with zero attached hydrogens (tertiary/aromatic N) is 2. The molecule has 2 bridgehead atoms. The van der Waals surface area contributed by atoms with Gasteiger partial charge in [-0.1, -0.05) is 18.2 Å². The van der Waals surface area contributed by atoms with Crippen molar-refractivity contribution in [3.05, 3.63) is 65.7 Å². The van der Waals surface area contributed by atoms with E-state index in [4.69, 9.17) is 0 Å². The summed E-state index contributed by atoms with van der Waals surface area (Å²) < 4.78 is 38.1. The molecule has 3 aliphatic rings. The van der Waals surface area contributed by atoms with E-state index in [2.05, 4.69) is 46.4 Å². The van der Waals surface area contributed by atoms with Crippen LogP contribution < -0.4 is 10.2 Å². The molecule has 4 nitrogen and oxygen atoms in total. The Balaban J connectivity index is 1.29. The first-order valence-electron chi connectivity index (χ1n) is 10.8. The van der Waals surface area contributed by atoms with E-state index >= 15 is 0 Å². The van der Waals surface area contributed by atoms with E-state index in [1.165, 1.54) is 24.2 Å². The van der Waals surface area contributed by atoms with E-state index < -0.39 is 11.7 Å². The van der Waals surface area contributed by atoms with Crippen molar-refractivity contribution >= 4 is 11.6 Å². The number of piperidine rings is 3. The first-order chi connectivity index (χ1) is 14.8. The molecule has 2 aromatic carbocycles. The Hall–Kier alpha value is -2.54. The van der Waals surface area contributed by atoms with Crippen LogP contribution in [0.15, 0.2) is 54.6 Å². The van der Waals surface area contributed by atoms with E-state index in [1.807, 2.05) is 6.07 Å². The van der Waals surface area contributed by atoms with E-state index in [0.717, 1.165) is 38.2 Å². The zero-order valence-corrected chi connectivity index (χ0v) is 17.6. The highest BCUT2D eigenvalue weighted by molar-refractivity contribution is 5.94. The second-order valence-corrected chi connectivity index (χ2v) is 8.69. The first-order valence-corrected chi connectivity index (χ1v) is 10.8. The fourth-order valence-electron chi connectivity index (χ4n) is 4.93. The van der Waals surface area contributed by atoms with Crippen LogP contribution in [0.5, 0.6) is 0 Å². The third-order valence-corrected chi connectivity index (χ3v) is 6.69. The molecule has 2 aromatic rings. The number of anilines is 1. The average Bonchev–Trinajstić information content (AvgIpc) is 2.78. The van der Waals surface area contributed by atoms with Gasteiger partial charge in [-0.25, -0.2) is 0 Å². The molecule has 7 heteroatoms. The molecule has 166 valence electrons. The number of para-hydroxylation sites is 1. The number of carbonyl (C=O) groups is 1.